The number of esters is 1. The maximum Gasteiger partial charge on any atom is 0.343 e. The average Bonchev–Trinajstić information content (AvgIpc) is 3.95. The van der Waals surface area contributed by atoms with Crippen molar-refractivity contribution in [1.82, 2.24) is 4.57 Å². The second kappa shape index (κ2) is 13.6. The zero-order chi connectivity index (χ0) is 39.4. The lowest BCUT2D eigenvalue weighted by Crippen LogP contribution is -2.61. The lowest BCUT2D eigenvalue weighted by atomic mass is 9.46. The number of carbonyl (C=O) groups excluding carboxylic acids is 3. The molecule has 8 atom stereocenters. The monoisotopic (exact) mass is 777 g/mol. The Morgan fingerprint density at radius 1 is 1.11 bits per heavy atom. The quantitative estimate of drug-likeness (QED) is 0.280. The smallest absolute Gasteiger partial charge is 0.343 e. The molecule has 1 saturated heterocycles. The van der Waals surface area contributed by atoms with E-state index in [1.807, 2.05) is 22.5 Å². The molecule has 4 N–H and O–H groups in total. The van der Waals surface area contributed by atoms with Crippen LogP contribution in [0.4, 0.5) is 10.1 Å². The zero-order valence-electron chi connectivity index (χ0n) is 32.3. The molecule has 0 bridgehead atoms. The van der Waals surface area contributed by atoms with E-state index in [0.29, 0.717) is 30.7 Å². The van der Waals surface area contributed by atoms with Gasteiger partial charge in [-0.3, -0.25) is 14.4 Å². The van der Waals surface area contributed by atoms with Crippen LogP contribution in [-0.4, -0.2) is 69.8 Å². The van der Waals surface area contributed by atoms with Crippen molar-refractivity contribution < 1.29 is 33.7 Å². The van der Waals surface area contributed by atoms with Crippen LogP contribution in [0.25, 0.3) is 10.9 Å². The molecule has 1 aromatic heterocycles. The first-order valence-electron chi connectivity index (χ1n) is 20.2. The van der Waals surface area contributed by atoms with Crippen molar-refractivity contribution in [3.63, 3.8) is 0 Å². The summed E-state index contributed by atoms with van der Waals surface area (Å²) < 4.78 is 23.8. The number of nitrogens with two attached hydrogens (primary N) is 1. The van der Waals surface area contributed by atoms with Gasteiger partial charge >= 0.3 is 5.97 Å². The summed E-state index contributed by atoms with van der Waals surface area (Å²) >= 11 is 7.06. The van der Waals surface area contributed by atoms with E-state index in [2.05, 4.69) is 6.92 Å². The van der Waals surface area contributed by atoms with Crippen molar-refractivity contribution in [1.29, 1.82) is 0 Å². The molecule has 2 heterocycles. The number of hydrogen-bond acceptors (Lipinski definition) is 9. The van der Waals surface area contributed by atoms with Crippen molar-refractivity contribution in [2.75, 3.05) is 24.6 Å². The van der Waals surface area contributed by atoms with Crippen molar-refractivity contribution in [2.45, 2.75) is 122 Å². The summed E-state index contributed by atoms with van der Waals surface area (Å²) in [6.07, 6.45) is 10.9. The number of pyridine rings is 1. The van der Waals surface area contributed by atoms with Crippen LogP contribution in [0.3, 0.4) is 0 Å². The molecule has 55 heavy (non-hydrogen) atoms. The summed E-state index contributed by atoms with van der Waals surface area (Å²) in [6, 6.07) is -0.167. The van der Waals surface area contributed by atoms with Gasteiger partial charge in [0.25, 0.3) is 0 Å². The van der Waals surface area contributed by atoms with Crippen molar-refractivity contribution >= 4 is 45.7 Å². The average molecular weight is 778 g/mol. The summed E-state index contributed by atoms with van der Waals surface area (Å²) in [5, 5.41) is 24.1. The second-order valence-corrected chi connectivity index (χ2v) is 18.2. The molecule has 5 aliphatic carbocycles. The van der Waals surface area contributed by atoms with E-state index in [9.17, 15) is 29.4 Å². The number of hydrogen-bond donors (Lipinski definition) is 3. The number of fused-ring (bicyclic) bond motifs is 6. The SMILES string of the molecule is Cc1c(F)c(N2CCCC[C@@H](N)C2)c(Cl)c2c1c(=O)c(C(=O)OCCC(=O)[C@@]1(O)CC[C@H]3[C@@H]4CCC5=CC(=O)C=C[C@]5(C)C4C(O)C[C@@]31C)c(C)n2C1CC1. The maximum atomic E-state index is 16.3. The van der Waals surface area contributed by atoms with Gasteiger partial charge in [0.15, 0.2) is 17.4 Å². The van der Waals surface area contributed by atoms with Crippen LogP contribution in [0.15, 0.2) is 28.6 Å². The Kier molecular flexibility index (Phi) is 9.54. The number of aryl methyl sites for hydroxylation is 1. The normalized spacial score (nSPS) is 34.5. The largest absolute Gasteiger partial charge is 0.461 e. The molecule has 10 nitrogen and oxygen atoms in total. The lowest BCUT2D eigenvalue weighted by Gasteiger charge is -2.59. The molecule has 0 radical (unpaired) electrons. The fraction of sp³-hybridized carbons (Fsp3) is 0.628. The minimum absolute atomic E-state index is 0.0185. The van der Waals surface area contributed by atoms with Gasteiger partial charge in [0.2, 0.25) is 5.43 Å². The fourth-order valence-electron chi connectivity index (χ4n) is 11.9. The number of ketones is 2. The number of Topliss-reactive ketones (excluding diaryl/α,β-unsaturated/α-hetero) is 1. The Hall–Kier alpha value is -3.38. The van der Waals surface area contributed by atoms with Crippen molar-refractivity contribution in [3.8, 4) is 0 Å². The van der Waals surface area contributed by atoms with Crippen LogP contribution in [-0.2, 0) is 14.3 Å². The Morgan fingerprint density at radius 3 is 2.58 bits per heavy atom. The van der Waals surface area contributed by atoms with E-state index in [1.165, 1.54) is 6.92 Å². The summed E-state index contributed by atoms with van der Waals surface area (Å²) in [5.74, 6) is -2.12. The summed E-state index contributed by atoms with van der Waals surface area (Å²) in [6.45, 7) is 7.86. The van der Waals surface area contributed by atoms with Gasteiger partial charge in [0.05, 0.1) is 34.3 Å². The number of benzene rings is 1. The molecule has 4 saturated carbocycles. The number of anilines is 1. The highest BCUT2D eigenvalue weighted by Crippen LogP contribution is 2.67. The van der Waals surface area contributed by atoms with Crippen LogP contribution in [0.2, 0.25) is 5.02 Å². The number of aliphatic hydroxyl groups excluding tert-OH is 1. The van der Waals surface area contributed by atoms with E-state index in [-0.39, 0.29) is 88.7 Å². The van der Waals surface area contributed by atoms with Gasteiger partial charge in [0.1, 0.15) is 11.2 Å². The van der Waals surface area contributed by atoms with Gasteiger partial charge in [0, 0.05) is 59.6 Å². The number of allylic oxidation sites excluding steroid dienone is 4. The van der Waals surface area contributed by atoms with Crippen LogP contribution >= 0.6 is 11.6 Å². The van der Waals surface area contributed by atoms with Crippen LogP contribution in [0.5, 0.6) is 0 Å². The lowest BCUT2D eigenvalue weighted by molar-refractivity contribution is -0.177. The topological polar surface area (TPSA) is 152 Å². The summed E-state index contributed by atoms with van der Waals surface area (Å²) in [7, 11) is 0. The van der Waals surface area contributed by atoms with Gasteiger partial charge < -0.3 is 30.2 Å². The third-order valence-corrected chi connectivity index (χ3v) is 15.2. The molecule has 0 spiro atoms. The first-order chi connectivity index (χ1) is 26.0. The molecule has 1 aliphatic heterocycles. The van der Waals surface area contributed by atoms with E-state index >= 15 is 4.39 Å². The first-order valence-corrected chi connectivity index (χ1v) is 20.5. The van der Waals surface area contributed by atoms with Gasteiger partial charge in [-0.2, -0.15) is 0 Å². The number of aromatic nitrogens is 1. The molecule has 5 fully saturated rings. The number of rotatable bonds is 7. The number of nitrogens with zero attached hydrogens (tertiary/aromatic N) is 2. The van der Waals surface area contributed by atoms with Gasteiger partial charge in [-0.05, 0) is 95.6 Å². The van der Waals surface area contributed by atoms with Gasteiger partial charge in [-0.15, -0.1) is 0 Å². The molecule has 1 aromatic carbocycles. The number of carbonyl (C=O) groups is 3. The third-order valence-electron chi connectivity index (χ3n) is 14.8. The standard InChI is InChI=1S/C43H53ClFN3O7/c1-22-32-37(35(44)38(36(22)45)47-17-6-5-7-25(46)21-47)48(26-9-10-26)23(2)33(39(32)52)40(53)55-18-14-31(51)43(54)16-13-29-28-11-8-24-19-27(49)12-15-41(24,3)34(28)30(50)20-42(29,43)4/h12,15,19,25-26,28-30,34,50,54H,5-11,13-14,16-18,20-21,46H2,1-4H3/t25-,28+,29+,30?,34?,41+,42+,43+/m1/s1. The predicted molar refractivity (Wildman–Crippen MR) is 208 cm³/mol. The van der Waals surface area contributed by atoms with Crippen LogP contribution < -0.4 is 16.1 Å². The molecular formula is C43H53ClFN3O7. The molecule has 2 aromatic rings. The molecule has 2 unspecified atom stereocenters. The highest BCUT2D eigenvalue weighted by Gasteiger charge is 2.68. The highest BCUT2D eigenvalue weighted by molar-refractivity contribution is 6.38. The molecule has 296 valence electrons. The maximum absolute atomic E-state index is 16.3. The molecule has 6 aliphatic rings. The Morgan fingerprint density at radius 2 is 1.85 bits per heavy atom. The Balaban J connectivity index is 1.04. The van der Waals surface area contributed by atoms with E-state index < -0.39 is 45.5 Å². The highest BCUT2D eigenvalue weighted by atomic mass is 35.5. The van der Waals surface area contributed by atoms with Gasteiger partial charge in [-0.25, -0.2) is 9.18 Å². The Bertz CT molecular complexity index is 2130. The zero-order valence-corrected chi connectivity index (χ0v) is 33.0. The van der Waals surface area contributed by atoms with E-state index in [4.69, 9.17) is 22.1 Å². The molecule has 0 amide bonds. The second-order valence-electron chi connectivity index (χ2n) is 17.8. The first kappa shape index (κ1) is 38.5. The summed E-state index contributed by atoms with van der Waals surface area (Å²) in [4.78, 5) is 56.1. The summed E-state index contributed by atoms with van der Waals surface area (Å²) in [5.41, 5.74) is 4.47. The molecule has 12 heteroatoms. The number of halogens is 2. The Labute approximate surface area is 325 Å². The van der Waals surface area contributed by atoms with Crippen LogP contribution in [0, 0.1) is 48.2 Å². The van der Waals surface area contributed by atoms with Crippen molar-refractivity contribution in [3.05, 3.63) is 61.7 Å². The molecular weight excluding hydrogens is 725 g/mol. The third kappa shape index (κ3) is 5.80. The minimum atomic E-state index is -1.73. The van der Waals surface area contributed by atoms with E-state index in [1.54, 1.807) is 19.1 Å². The molecule has 8 rings (SSSR count). The number of aliphatic hydroxyl groups is 2. The fourth-order valence-corrected chi connectivity index (χ4v) is 12.2. The predicted octanol–water partition coefficient (Wildman–Crippen LogP) is 6.19. The number of ether oxygens (including phenoxy) is 1. The van der Waals surface area contributed by atoms with Gasteiger partial charge in [-0.1, -0.05) is 43.5 Å². The van der Waals surface area contributed by atoms with E-state index in [0.717, 1.165) is 50.5 Å². The van der Waals surface area contributed by atoms with Crippen molar-refractivity contribution in [2.24, 2.45) is 34.3 Å². The minimum Gasteiger partial charge on any atom is -0.461 e. The van der Waals surface area contributed by atoms with Crippen LogP contribution in [0.1, 0.15) is 112 Å².